The molecule has 0 saturated carbocycles. The Labute approximate surface area is 165 Å². The number of anilines is 1. The largest absolute Gasteiger partial charge is 0.391 e. The Morgan fingerprint density at radius 1 is 1.30 bits per heavy atom. The van der Waals surface area contributed by atoms with E-state index in [2.05, 4.69) is 4.72 Å². The Hall–Kier alpha value is -1.89. The molecule has 1 aromatic heterocycles. The van der Waals surface area contributed by atoms with Crippen molar-refractivity contribution >= 4 is 39.2 Å². The number of nitrogens with zero attached hydrogens (tertiary/aromatic N) is 1. The standard InChI is InChI=1S/C20H22ClFN2O2S/c1-4-20(13(2)25,14-5-7-15(21)8-6-14)24-10-9-17-18(23-27(3)26)11-16(22)12-19(17)24/h5-13,23,25H,4H2,1-3H3. The van der Waals surface area contributed by atoms with Crippen molar-refractivity contribution in [2.75, 3.05) is 11.0 Å². The van der Waals surface area contributed by atoms with Gasteiger partial charge in [-0.1, -0.05) is 30.7 Å². The van der Waals surface area contributed by atoms with Crippen LogP contribution in [0.2, 0.25) is 5.02 Å². The molecule has 27 heavy (non-hydrogen) atoms. The number of halogens is 2. The van der Waals surface area contributed by atoms with Crippen molar-refractivity contribution in [1.82, 2.24) is 4.57 Å². The summed E-state index contributed by atoms with van der Waals surface area (Å²) in [4.78, 5) is 0. The highest BCUT2D eigenvalue weighted by Crippen LogP contribution is 2.39. The maximum Gasteiger partial charge on any atom is 0.127 e. The topological polar surface area (TPSA) is 54.3 Å². The van der Waals surface area contributed by atoms with Crippen molar-refractivity contribution in [3.8, 4) is 0 Å². The zero-order valence-corrected chi connectivity index (χ0v) is 16.9. The molecule has 0 aliphatic heterocycles. The fourth-order valence-electron chi connectivity index (χ4n) is 3.78. The quantitative estimate of drug-likeness (QED) is 0.622. The second kappa shape index (κ2) is 7.62. The molecule has 1 heterocycles. The first-order valence-corrected chi connectivity index (χ1v) is 10.6. The minimum Gasteiger partial charge on any atom is -0.391 e. The lowest BCUT2D eigenvalue weighted by Crippen LogP contribution is -2.43. The first-order chi connectivity index (χ1) is 12.8. The lowest BCUT2D eigenvalue weighted by molar-refractivity contribution is 0.0754. The predicted octanol–water partition coefficient (Wildman–Crippen LogP) is 4.67. The molecule has 0 saturated heterocycles. The van der Waals surface area contributed by atoms with Gasteiger partial charge in [0.1, 0.15) is 16.8 Å². The molecule has 0 amide bonds. The van der Waals surface area contributed by atoms with E-state index >= 15 is 0 Å². The van der Waals surface area contributed by atoms with Gasteiger partial charge in [0.05, 0.1) is 22.8 Å². The highest BCUT2D eigenvalue weighted by atomic mass is 35.5. The molecule has 0 spiro atoms. The van der Waals surface area contributed by atoms with Gasteiger partial charge in [0.2, 0.25) is 0 Å². The molecule has 0 bridgehead atoms. The normalized spacial score (nSPS) is 16.1. The molecule has 0 aliphatic rings. The zero-order valence-electron chi connectivity index (χ0n) is 15.4. The van der Waals surface area contributed by atoms with Crippen LogP contribution in [0.5, 0.6) is 0 Å². The molecule has 4 nitrogen and oxygen atoms in total. The van der Waals surface area contributed by atoms with Gasteiger partial charge in [0, 0.05) is 22.9 Å². The van der Waals surface area contributed by atoms with Crippen LogP contribution in [0.4, 0.5) is 10.1 Å². The van der Waals surface area contributed by atoms with Gasteiger partial charge in [-0.3, -0.25) is 0 Å². The van der Waals surface area contributed by atoms with E-state index in [0.717, 1.165) is 10.9 Å². The molecule has 3 unspecified atom stereocenters. The summed E-state index contributed by atoms with van der Waals surface area (Å²) in [5, 5.41) is 12.1. The number of benzene rings is 2. The summed E-state index contributed by atoms with van der Waals surface area (Å²) in [7, 11) is -1.33. The Balaban J connectivity index is 2.30. The van der Waals surface area contributed by atoms with Crippen LogP contribution >= 0.6 is 11.6 Å². The summed E-state index contributed by atoms with van der Waals surface area (Å²) in [5.41, 5.74) is 1.14. The molecule has 7 heteroatoms. The van der Waals surface area contributed by atoms with Gasteiger partial charge in [-0.25, -0.2) is 8.60 Å². The fraction of sp³-hybridized carbons (Fsp3) is 0.300. The SMILES string of the molecule is CCC(c1ccc(Cl)cc1)(C(C)O)n1ccc2c(NS(C)=O)cc(F)cc21. The molecular weight excluding hydrogens is 387 g/mol. The third-order valence-electron chi connectivity index (χ3n) is 5.03. The number of hydrogen-bond donors (Lipinski definition) is 2. The fourth-order valence-corrected chi connectivity index (χ4v) is 4.39. The van der Waals surface area contributed by atoms with Crippen molar-refractivity contribution in [2.24, 2.45) is 0 Å². The molecular formula is C20H22ClFN2O2S. The van der Waals surface area contributed by atoms with Gasteiger partial charge in [-0.15, -0.1) is 0 Å². The lowest BCUT2D eigenvalue weighted by atomic mass is 9.82. The molecule has 2 N–H and O–H groups in total. The van der Waals surface area contributed by atoms with Crippen LogP contribution in [-0.2, 0) is 16.5 Å². The maximum atomic E-state index is 14.3. The van der Waals surface area contributed by atoms with E-state index in [0.29, 0.717) is 22.6 Å². The molecule has 3 rings (SSSR count). The zero-order chi connectivity index (χ0) is 19.8. The van der Waals surface area contributed by atoms with E-state index in [1.165, 1.54) is 18.4 Å². The third-order valence-corrected chi connectivity index (χ3v) is 5.79. The second-order valence-electron chi connectivity index (χ2n) is 6.59. The van der Waals surface area contributed by atoms with Crippen LogP contribution in [0, 0.1) is 5.82 Å². The van der Waals surface area contributed by atoms with E-state index < -0.39 is 28.4 Å². The first-order valence-electron chi connectivity index (χ1n) is 8.65. The summed E-state index contributed by atoms with van der Waals surface area (Å²) in [5.74, 6) is -0.442. The molecule has 0 radical (unpaired) electrons. The van der Waals surface area contributed by atoms with E-state index in [-0.39, 0.29) is 0 Å². The Morgan fingerprint density at radius 3 is 2.52 bits per heavy atom. The van der Waals surface area contributed by atoms with Gasteiger partial charge >= 0.3 is 0 Å². The third kappa shape index (κ3) is 3.49. The summed E-state index contributed by atoms with van der Waals surface area (Å²) in [6, 6.07) is 11.9. The monoisotopic (exact) mass is 408 g/mol. The summed E-state index contributed by atoms with van der Waals surface area (Å²) < 4.78 is 30.6. The van der Waals surface area contributed by atoms with Crippen molar-refractivity contribution in [2.45, 2.75) is 31.9 Å². The van der Waals surface area contributed by atoms with E-state index in [1.807, 2.05) is 35.9 Å². The summed E-state index contributed by atoms with van der Waals surface area (Å²) >= 11 is 6.04. The van der Waals surface area contributed by atoms with Crippen molar-refractivity contribution < 1.29 is 13.7 Å². The average molecular weight is 409 g/mol. The highest BCUT2D eigenvalue weighted by Gasteiger charge is 2.38. The lowest BCUT2D eigenvalue weighted by Gasteiger charge is -2.39. The van der Waals surface area contributed by atoms with Crippen LogP contribution in [0.15, 0.2) is 48.7 Å². The van der Waals surface area contributed by atoms with Gasteiger partial charge in [-0.05, 0) is 49.2 Å². The van der Waals surface area contributed by atoms with Crippen LogP contribution < -0.4 is 4.72 Å². The molecule has 0 fully saturated rings. The summed E-state index contributed by atoms with van der Waals surface area (Å²) in [6.07, 6.45) is 3.15. The number of nitrogens with one attached hydrogen (secondary N) is 1. The first kappa shape index (κ1) is 19.9. The number of fused-ring (bicyclic) bond motifs is 1. The highest BCUT2D eigenvalue weighted by molar-refractivity contribution is 7.85. The molecule has 2 aromatic carbocycles. The molecule has 0 aliphatic carbocycles. The Morgan fingerprint density at radius 2 is 1.96 bits per heavy atom. The van der Waals surface area contributed by atoms with E-state index in [4.69, 9.17) is 11.6 Å². The van der Waals surface area contributed by atoms with Crippen molar-refractivity contribution in [1.29, 1.82) is 0 Å². The second-order valence-corrected chi connectivity index (χ2v) is 8.14. The minimum absolute atomic E-state index is 0.442. The van der Waals surface area contributed by atoms with Gasteiger partial charge in [0.15, 0.2) is 0 Å². The number of hydrogen-bond acceptors (Lipinski definition) is 2. The van der Waals surface area contributed by atoms with Gasteiger partial charge in [-0.2, -0.15) is 0 Å². The van der Waals surface area contributed by atoms with Gasteiger partial charge < -0.3 is 14.4 Å². The van der Waals surface area contributed by atoms with Crippen molar-refractivity contribution in [3.05, 3.63) is 65.1 Å². The van der Waals surface area contributed by atoms with Crippen LogP contribution in [0.25, 0.3) is 10.9 Å². The number of rotatable bonds is 6. The van der Waals surface area contributed by atoms with Crippen LogP contribution in [-0.4, -0.2) is 26.2 Å². The maximum absolute atomic E-state index is 14.3. The van der Waals surface area contributed by atoms with E-state index in [1.54, 1.807) is 19.1 Å². The molecule has 3 aromatic rings. The number of aliphatic hydroxyl groups is 1. The van der Waals surface area contributed by atoms with Crippen molar-refractivity contribution in [3.63, 3.8) is 0 Å². The smallest absolute Gasteiger partial charge is 0.127 e. The van der Waals surface area contributed by atoms with Gasteiger partial charge in [0.25, 0.3) is 0 Å². The Bertz CT molecular complexity index is 988. The Kier molecular flexibility index (Phi) is 5.60. The molecule has 3 atom stereocenters. The van der Waals surface area contributed by atoms with Crippen LogP contribution in [0.1, 0.15) is 25.8 Å². The summed E-state index contributed by atoms with van der Waals surface area (Å²) in [6.45, 7) is 3.70. The number of aromatic nitrogens is 1. The molecule has 144 valence electrons. The van der Waals surface area contributed by atoms with E-state index in [9.17, 15) is 13.7 Å². The average Bonchev–Trinajstić information content (AvgIpc) is 3.01. The number of aliphatic hydroxyl groups excluding tert-OH is 1. The minimum atomic E-state index is -1.33. The van der Waals surface area contributed by atoms with Crippen LogP contribution in [0.3, 0.4) is 0 Å². The predicted molar refractivity (Wildman–Crippen MR) is 110 cm³/mol.